The first-order chi connectivity index (χ1) is 13.2. The number of aromatic nitrogens is 1. The highest BCUT2D eigenvalue weighted by Crippen LogP contribution is 2.38. The maximum atomic E-state index is 5.60. The standard InChI is InChI=1S/C19H26N4O4/c1-20-19(22-8-9-27-15-6-5-7-21-13-15)23-12-14-10-16(24-2)18(26-4)17(11-14)25-3/h5-7,10-11,13H,8-9,12H2,1-4H3,(H2,20,22,23). The predicted molar refractivity (Wildman–Crippen MR) is 104 cm³/mol. The number of benzene rings is 1. The average Bonchev–Trinajstić information content (AvgIpc) is 2.73. The molecule has 2 N–H and O–H groups in total. The molecule has 0 fully saturated rings. The second-order valence-corrected chi connectivity index (χ2v) is 5.42. The van der Waals surface area contributed by atoms with Gasteiger partial charge in [0.15, 0.2) is 17.5 Å². The van der Waals surface area contributed by atoms with Crippen molar-refractivity contribution in [2.24, 2.45) is 4.99 Å². The summed E-state index contributed by atoms with van der Waals surface area (Å²) >= 11 is 0. The maximum Gasteiger partial charge on any atom is 0.203 e. The van der Waals surface area contributed by atoms with Gasteiger partial charge in [0.1, 0.15) is 12.4 Å². The van der Waals surface area contributed by atoms with Gasteiger partial charge in [-0.2, -0.15) is 0 Å². The van der Waals surface area contributed by atoms with E-state index < -0.39 is 0 Å². The number of pyridine rings is 1. The Morgan fingerprint density at radius 1 is 1.07 bits per heavy atom. The number of hydrogen-bond donors (Lipinski definition) is 2. The van der Waals surface area contributed by atoms with Gasteiger partial charge in [-0.3, -0.25) is 9.98 Å². The van der Waals surface area contributed by atoms with Gasteiger partial charge in [0, 0.05) is 19.8 Å². The van der Waals surface area contributed by atoms with Crippen molar-refractivity contribution in [2.75, 3.05) is 41.5 Å². The van der Waals surface area contributed by atoms with Crippen molar-refractivity contribution in [1.82, 2.24) is 15.6 Å². The van der Waals surface area contributed by atoms with E-state index in [1.165, 1.54) is 0 Å². The van der Waals surface area contributed by atoms with Gasteiger partial charge in [0.05, 0.1) is 34.1 Å². The fourth-order valence-electron chi connectivity index (χ4n) is 2.41. The van der Waals surface area contributed by atoms with Crippen LogP contribution in [0.4, 0.5) is 0 Å². The first kappa shape index (κ1) is 20.2. The molecule has 0 aliphatic heterocycles. The summed E-state index contributed by atoms with van der Waals surface area (Å²) in [6.07, 6.45) is 3.39. The minimum absolute atomic E-state index is 0.497. The molecule has 0 aliphatic rings. The van der Waals surface area contributed by atoms with Crippen LogP contribution < -0.4 is 29.6 Å². The monoisotopic (exact) mass is 374 g/mol. The van der Waals surface area contributed by atoms with Gasteiger partial charge < -0.3 is 29.6 Å². The van der Waals surface area contributed by atoms with Crippen LogP contribution in [-0.2, 0) is 6.54 Å². The van der Waals surface area contributed by atoms with Crippen molar-refractivity contribution >= 4 is 5.96 Å². The zero-order valence-corrected chi connectivity index (χ0v) is 16.1. The second kappa shape index (κ2) is 10.7. The van der Waals surface area contributed by atoms with Crippen LogP contribution in [0.5, 0.6) is 23.0 Å². The van der Waals surface area contributed by atoms with E-state index in [9.17, 15) is 0 Å². The number of nitrogens with one attached hydrogen (secondary N) is 2. The SMILES string of the molecule is CN=C(NCCOc1cccnc1)NCc1cc(OC)c(OC)c(OC)c1. The van der Waals surface area contributed by atoms with Crippen molar-refractivity contribution < 1.29 is 18.9 Å². The van der Waals surface area contributed by atoms with E-state index in [0.717, 1.165) is 11.3 Å². The van der Waals surface area contributed by atoms with Crippen LogP contribution in [0, 0.1) is 0 Å². The molecule has 0 saturated carbocycles. The van der Waals surface area contributed by atoms with Crippen molar-refractivity contribution in [3.63, 3.8) is 0 Å². The maximum absolute atomic E-state index is 5.60. The molecule has 0 spiro atoms. The van der Waals surface area contributed by atoms with E-state index in [-0.39, 0.29) is 0 Å². The molecule has 1 heterocycles. The summed E-state index contributed by atoms with van der Waals surface area (Å²) < 4.78 is 21.7. The molecule has 0 unspecified atom stereocenters. The molecule has 0 bridgehead atoms. The topological polar surface area (TPSA) is 86.2 Å². The highest BCUT2D eigenvalue weighted by Gasteiger charge is 2.13. The van der Waals surface area contributed by atoms with Crippen LogP contribution in [0.2, 0.25) is 0 Å². The normalized spacial score (nSPS) is 10.9. The molecule has 2 rings (SSSR count). The van der Waals surface area contributed by atoms with Gasteiger partial charge in [-0.1, -0.05) is 0 Å². The smallest absolute Gasteiger partial charge is 0.203 e. The first-order valence-electron chi connectivity index (χ1n) is 8.48. The molecule has 27 heavy (non-hydrogen) atoms. The van der Waals surface area contributed by atoms with Crippen LogP contribution in [0.3, 0.4) is 0 Å². The van der Waals surface area contributed by atoms with Gasteiger partial charge in [0.25, 0.3) is 0 Å². The lowest BCUT2D eigenvalue weighted by atomic mass is 10.2. The lowest BCUT2D eigenvalue weighted by Gasteiger charge is -2.16. The molecule has 1 aromatic heterocycles. The van der Waals surface area contributed by atoms with Gasteiger partial charge in [-0.15, -0.1) is 0 Å². The molecule has 0 amide bonds. The highest BCUT2D eigenvalue weighted by molar-refractivity contribution is 5.79. The third-order valence-corrected chi connectivity index (χ3v) is 3.71. The molecule has 2 aromatic rings. The third-order valence-electron chi connectivity index (χ3n) is 3.71. The van der Waals surface area contributed by atoms with Gasteiger partial charge in [-0.05, 0) is 29.8 Å². The number of nitrogens with zero attached hydrogens (tertiary/aromatic N) is 2. The van der Waals surface area contributed by atoms with Crippen LogP contribution in [0.1, 0.15) is 5.56 Å². The average molecular weight is 374 g/mol. The third kappa shape index (κ3) is 5.95. The van der Waals surface area contributed by atoms with Crippen LogP contribution >= 0.6 is 0 Å². The quantitative estimate of drug-likeness (QED) is 0.393. The summed E-state index contributed by atoms with van der Waals surface area (Å²) in [6.45, 7) is 1.64. The summed E-state index contributed by atoms with van der Waals surface area (Å²) in [7, 11) is 6.48. The van der Waals surface area contributed by atoms with E-state index in [1.807, 2.05) is 24.3 Å². The number of guanidine groups is 1. The fraction of sp³-hybridized carbons (Fsp3) is 0.368. The Kier molecular flexibility index (Phi) is 8.02. The van der Waals surface area contributed by atoms with Gasteiger partial charge in [0.2, 0.25) is 5.75 Å². The zero-order chi connectivity index (χ0) is 19.5. The molecular weight excluding hydrogens is 348 g/mol. The Balaban J connectivity index is 1.86. The second-order valence-electron chi connectivity index (χ2n) is 5.42. The molecule has 0 aliphatic carbocycles. The summed E-state index contributed by atoms with van der Waals surface area (Å²) in [4.78, 5) is 8.21. The largest absolute Gasteiger partial charge is 0.493 e. The Bertz CT molecular complexity index is 713. The van der Waals surface area contributed by atoms with E-state index >= 15 is 0 Å². The molecule has 146 valence electrons. The van der Waals surface area contributed by atoms with E-state index in [2.05, 4.69) is 20.6 Å². The van der Waals surface area contributed by atoms with Crippen LogP contribution in [0.25, 0.3) is 0 Å². The van der Waals surface area contributed by atoms with Gasteiger partial charge >= 0.3 is 0 Å². The number of rotatable bonds is 9. The van der Waals surface area contributed by atoms with Crippen molar-refractivity contribution in [3.8, 4) is 23.0 Å². The van der Waals surface area contributed by atoms with Crippen LogP contribution in [-0.4, -0.2) is 52.5 Å². The lowest BCUT2D eigenvalue weighted by Crippen LogP contribution is -2.38. The molecule has 0 radical (unpaired) electrons. The first-order valence-corrected chi connectivity index (χ1v) is 8.48. The van der Waals surface area contributed by atoms with E-state index in [1.54, 1.807) is 40.8 Å². The number of methoxy groups -OCH3 is 3. The van der Waals surface area contributed by atoms with E-state index in [0.29, 0.717) is 42.9 Å². The number of aliphatic imine (C=N–C) groups is 1. The van der Waals surface area contributed by atoms with Crippen LogP contribution in [0.15, 0.2) is 41.7 Å². The fourth-order valence-corrected chi connectivity index (χ4v) is 2.41. The van der Waals surface area contributed by atoms with Crippen molar-refractivity contribution in [1.29, 1.82) is 0 Å². The molecular formula is C19H26N4O4. The Morgan fingerprint density at radius 3 is 2.37 bits per heavy atom. The molecule has 8 heteroatoms. The lowest BCUT2D eigenvalue weighted by molar-refractivity contribution is 0.320. The summed E-state index contributed by atoms with van der Waals surface area (Å²) in [5.41, 5.74) is 0.971. The minimum Gasteiger partial charge on any atom is -0.493 e. The predicted octanol–water partition coefficient (Wildman–Crippen LogP) is 1.85. The summed E-state index contributed by atoms with van der Waals surface area (Å²) in [6, 6.07) is 7.49. The van der Waals surface area contributed by atoms with E-state index in [4.69, 9.17) is 18.9 Å². The molecule has 8 nitrogen and oxygen atoms in total. The summed E-state index contributed by atoms with van der Waals surface area (Å²) in [5, 5.41) is 6.44. The Labute approximate surface area is 159 Å². The van der Waals surface area contributed by atoms with Crippen molar-refractivity contribution in [2.45, 2.75) is 6.54 Å². The zero-order valence-electron chi connectivity index (χ0n) is 16.1. The number of ether oxygens (including phenoxy) is 4. The minimum atomic E-state index is 0.497. The Hall–Kier alpha value is -3.16. The highest BCUT2D eigenvalue weighted by atomic mass is 16.5. The molecule has 0 atom stereocenters. The summed E-state index contributed by atoms with van der Waals surface area (Å²) in [5.74, 6) is 3.19. The molecule has 0 saturated heterocycles. The number of hydrogen-bond acceptors (Lipinski definition) is 6. The van der Waals surface area contributed by atoms with Crippen molar-refractivity contribution in [3.05, 3.63) is 42.2 Å². The molecule has 1 aromatic carbocycles. The van der Waals surface area contributed by atoms with Gasteiger partial charge in [-0.25, -0.2) is 0 Å². The Morgan fingerprint density at radius 2 is 1.81 bits per heavy atom.